The first-order valence-electron chi connectivity index (χ1n) is 10.3. The van der Waals surface area contributed by atoms with Crippen LogP contribution in [0.3, 0.4) is 0 Å². The number of pyridine rings is 1. The van der Waals surface area contributed by atoms with Crippen LogP contribution in [0.4, 0.5) is 10.2 Å². The maximum atomic E-state index is 13.3. The number of rotatable bonds is 6. The third-order valence-electron chi connectivity index (χ3n) is 4.50. The Hall–Kier alpha value is -3.69. The Bertz CT molecular complexity index is 991. The molecule has 3 rings (SSSR count). The third kappa shape index (κ3) is 6.16. The summed E-state index contributed by atoms with van der Waals surface area (Å²) in [6.07, 6.45) is 7.14. The van der Waals surface area contributed by atoms with E-state index in [-0.39, 0.29) is 24.0 Å². The summed E-state index contributed by atoms with van der Waals surface area (Å²) in [5, 5.41) is 2.62. The van der Waals surface area contributed by atoms with Gasteiger partial charge in [0, 0.05) is 38.0 Å². The molecule has 0 fully saturated rings. The summed E-state index contributed by atoms with van der Waals surface area (Å²) in [6.45, 7) is 4.38. The fraction of sp³-hybridized carbons (Fsp3) is 0.364. The van der Waals surface area contributed by atoms with E-state index in [9.17, 15) is 18.8 Å². The van der Waals surface area contributed by atoms with E-state index >= 15 is 0 Å². The van der Waals surface area contributed by atoms with Crippen LogP contribution in [-0.4, -0.2) is 70.0 Å². The second kappa shape index (κ2) is 11.6. The van der Waals surface area contributed by atoms with Gasteiger partial charge in [-0.1, -0.05) is 13.8 Å². The molecule has 0 radical (unpaired) electrons. The van der Waals surface area contributed by atoms with E-state index in [0.717, 1.165) is 6.20 Å². The first-order valence-corrected chi connectivity index (χ1v) is 10.3. The summed E-state index contributed by atoms with van der Waals surface area (Å²) in [5.74, 6) is -0.998. The van der Waals surface area contributed by atoms with Crippen LogP contribution in [0.5, 0.6) is 0 Å². The molecule has 1 N–H and O–H groups in total. The molecule has 0 bridgehead atoms. The van der Waals surface area contributed by atoms with Crippen molar-refractivity contribution in [2.24, 2.45) is 0 Å². The fourth-order valence-corrected chi connectivity index (χ4v) is 3.10. The number of anilines is 1. The normalized spacial score (nSPS) is 13.1. The number of likely N-dealkylation sites (N-methyl/N-ethyl adjacent to an activating group) is 1. The molecule has 0 aromatic carbocycles. The molecule has 0 saturated heterocycles. The number of amides is 2. The van der Waals surface area contributed by atoms with Gasteiger partial charge in [-0.15, -0.1) is 0 Å². The molecule has 2 amide bonds. The lowest BCUT2D eigenvalue weighted by Gasteiger charge is -2.32. The average Bonchev–Trinajstić information content (AvgIpc) is 2.80. The molecule has 9 nitrogen and oxygen atoms in total. The van der Waals surface area contributed by atoms with Gasteiger partial charge in [0.1, 0.15) is 17.8 Å². The molecule has 170 valence electrons. The van der Waals surface area contributed by atoms with Crippen molar-refractivity contribution >= 4 is 23.9 Å². The van der Waals surface area contributed by atoms with Gasteiger partial charge in [0.25, 0.3) is 5.91 Å². The number of hydrogen-bond donors (Lipinski definition) is 1. The van der Waals surface area contributed by atoms with Gasteiger partial charge in [0.15, 0.2) is 5.82 Å². The van der Waals surface area contributed by atoms with Gasteiger partial charge < -0.3 is 15.1 Å². The van der Waals surface area contributed by atoms with E-state index in [1.165, 1.54) is 29.6 Å². The van der Waals surface area contributed by atoms with E-state index < -0.39 is 11.7 Å². The molecular formula is C22H27FN6O3. The number of nitrogens with zero attached hydrogens (tertiary/aromatic N) is 5. The van der Waals surface area contributed by atoms with Crippen molar-refractivity contribution in [2.75, 3.05) is 32.5 Å². The van der Waals surface area contributed by atoms with Crippen molar-refractivity contribution in [3.05, 3.63) is 47.9 Å². The van der Waals surface area contributed by atoms with E-state index in [0.29, 0.717) is 42.5 Å². The Morgan fingerprint density at radius 1 is 1.19 bits per heavy atom. The molecule has 0 atom stereocenters. The lowest BCUT2D eigenvalue weighted by molar-refractivity contribution is -0.127. The molecule has 0 aliphatic carbocycles. The largest absolute Gasteiger partial charge is 0.357 e. The molecule has 3 heterocycles. The minimum atomic E-state index is -0.487. The maximum absolute atomic E-state index is 13.3. The number of aldehydes is 1. The predicted molar refractivity (Wildman–Crippen MR) is 118 cm³/mol. The van der Waals surface area contributed by atoms with Crippen LogP contribution >= 0.6 is 0 Å². The molecule has 1 aliphatic rings. The van der Waals surface area contributed by atoms with Crippen LogP contribution < -0.4 is 5.32 Å². The summed E-state index contributed by atoms with van der Waals surface area (Å²) in [4.78, 5) is 51.4. The molecule has 10 heteroatoms. The highest BCUT2D eigenvalue weighted by atomic mass is 19.1. The van der Waals surface area contributed by atoms with Crippen LogP contribution in [0, 0.1) is 5.82 Å². The zero-order valence-corrected chi connectivity index (χ0v) is 18.6. The number of nitrogens with one attached hydrogen (secondary N) is 1. The Kier molecular flexibility index (Phi) is 8.94. The zero-order chi connectivity index (χ0) is 23.7. The van der Waals surface area contributed by atoms with Crippen molar-refractivity contribution in [3.63, 3.8) is 0 Å². The zero-order valence-electron chi connectivity index (χ0n) is 18.6. The van der Waals surface area contributed by atoms with Gasteiger partial charge >= 0.3 is 0 Å². The first-order chi connectivity index (χ1) is 15.4. The van der Waals surface area contributed by atoms with Crippen LogP contribution in [0.25, 0.3) is 11.3 Å². The second-order valence-corrected chi connectivity index (χ2v) is 6.94. The number of aromatic nitrogens is 3. The van der Waals surface area contributed by atoms with Crippen LogP contribution in [0.2, 0.25) is 0 Å². The Morgan fingerprint density at radius 3 is 2.53 bits per heavy atom. The summed E-state index contributed by atoms with van der Waals surface area (Å²) in [5.41, 5.74) is 1.51. The van der Waals surface area contributed by atoms with E-state index in [2.05, 4.69) is 20.3 Å². The van der Waals surface area contributed by atoms with Gasteiger partial charge in [-0.3, -0.25) is 24.4 Å². The third-order valence-corrected chi connectivity index (χ3v) is 4.50. The van der Waals surface area contributed by atoms with Gasteiger partial charge in [-0.05, 0) is 18.9 Å². The highest BCUT2D eigenvalue weighted by molar-refractivity contribution is 5.99. The molecule has 2 aromatic rings. The van der Waals surface area contributed by atoms with Crippen molar-refractivity contribution in [3.8, 4) is 11.3 Å². The standard InChI is InChI=1S/C20H21FN6O3.C2H6/c1-26(2)20(30)19-13(12-28)4-3-5-27(19)11-18(29)25-17-10-23-16(9-24-17)14-6-15(21)8-22-7-14;1-2/h6-10,12H,3-5,11H2,1-2H3,(H,24,25,29);1-2H3. The lowest BCUT2D eigenvalue weighted by atomic mass is 10.0. The summed E-state index contributed by atoms with van der Waals surface area (Å²) >= 11 is 0. The quantitative estimate of drug-likeness (QED) is 0.684. The number of allylic oxidation sites excluding steroid dienone is 1. The fourth-order valence-electron chi connectivity index (χ4n) is 3.10. The molecule has 2 aromatic heterocycles. The Balaban J connectivity index is 0.00000176. The minimum Gasteiger partial charge on any atom is -0.357 e. The van der Waals surface area contributed by atoms with Gasteiger partial charge in [0.2, 0.25) is 5.91 Å². The smallest absolute Gasteiger partial charge is 0.270 e. The SMILES string of the molecule is CC.CN(C)C(=O)C1=C(C=O)CCCN1CC(=O)Nc1cnc(-c2cncc(F)c2)cn1. The number of carbonyl (C=O) groups is 3. The van der Waals surface area contributed by atoms with E-state index in [1.807, 2.05) is 13.8 Å². The van der Waals surface area contributed by atoms with Crippen LogP contribution in [0.1, 0.15) is 26.7 Å². The van der Waals surface area contributed by atoms with Crippen molar-refractivity contribution in [2.45, 2.75) is 26.7 Å². The van der Waals surface area contributed by atoms with E-state index in [1.54, 1.807) is 19.0 Å². The van der Waals surface area contributed by atoms with Gasteiger partial charge in [0.05, 0.1) is 30.8 Å². The molecule has 0 unspecified atom stereocenters. The van der Waals surface area contributed by atoms with Gasteiger partial charge in [-0.25, -0.2) is 9.37 Å². The van der Waals surface area contributed by atoms with Crippen LogP contribution in [-0.2, 0) is 14.4 Å². The number of halogens is 1. The van der Waals surface area contributed by atoms with Crippen molar-refractivity contribution in [1.82, 2.24) is 24.8 Å². The van der Waals surface area contributed by atoms with Gasteiger partial charge in [-0.2, -0.15) is 0 Å². The van der Waals surface area contributed by atoms with Crippen LogP contribution in [0.15, 0.2) is 42.1 Å². The molecule has 0 saturated carbocycles. The highest BCUT2D eigenvalue weighted by Gasteiger charge is 2.28. The topological polar surface area (TPSA) is 108 Å². The van der Waals surface area contributed by atoms with E-state index in [4.69, 9.17) is 0 Å². The molecule has 0 spiro atoms. The Morgan fingerprint density at radius 2 is 1.94 bits per heavy atom. The monoisotopic (exact) mass is 442 g/mol. The Labute approximate surface area is 186 Å². The maximum Gasteiger partial charge on any atom is 0.270 e. The summed E-state index contributed by atoms with van der Waals surface area (Å²) in [6, 6.07) is 1.28. The second-order valence-electron chi connectivity index (χ2n) is 6.94. The van der Waals surface area contributed by atoms with Crippen molar-refractivity contribution in [1.29, 1.82) is 0 Å². The number of hydrogen-bond acceptors (Lipinski definition) is 7. The molecule has 32 heavy (non-hydrogen) atoms. The summed E-state index contributed by atoms with van der Waals surface area (Å²) in [7, 11) is 3.19. The van der Waals surface area contributed by atoms with Crippen molar-refractivity contribution < 1.29 is 18.8 Å². The number of carbonyl (C=O) groups excluding carboxylic acids is 3. The highest BCUT2D eigenvalue weighted by Crippen LogP contribution is 2.22. The molecular weight excluding hydrogens is 415 g/mol. The average molecular weight is 442 g/mol. The first kappa shape index (κ1) is 24.6. The summed E-state index contributed by atoms with van der Waals surface area (Å²) < 4.78 is 13.3. The molecule has 1 aliphatic heterocycles. The minimum absolute atomic E-state index is 0.108. The predicted octanol–water partition coefficient (Wildman–Crippen LogP) is 2.28. The lowest BCUT2D eigenvalue weighted by Crippen LogP contribution is -2.42.